The number of aliphatic hydroxyl groups excluding tert-OH is 1. The summed E-state index contributed by atoms with van der Waals surface area (Å²) in [4.78, 5) is 24.5. The summed E-state index contributed by atoms with van der Waals surface area (Å²) in [5.74, 6) is -0.661. The summed E-state index contributed by atoms with van der Waals surface area (Å²) in [5, 5.41) is 9.66. The van der Waals surface area contributed by atoms with Crippen LogP contribution in [-0.2, 0) is 19.1 Å². The second kappa shape index (κ2) is 63.8. The van der Waals surface area contributed by atoms with E-state index < -0.39 is 6.10 Å². The number of ether oxygens (including phenoxy) is 2. The Kier molecular flexibility index (Phi) is 59.1. The highest BCUT2D eigenvalue weighted by atomic mass is 16.6. The standard InChI is InChI=1S/C71H106O5/c1-3-5-7-9-11-13-15-17-19-21-23-25-27-28-29-30-31-32-33-34-35-36-37-38-39-40-41-42-44-46-48-50-52-54-56-58-60-62-64-66-71(74)76-69(67-72)68-75-70(73)65-63-61-59-57-55-53-51-49-47-45-43-26-24-22-20-18-16-14-12-10-8-6-4-2/h5-8,11-14,17-20,23-26,28-29,31-32,34-35,37-38,40-41,44-47,50-53,69,72H,3-4,9-10,15-16,21-22,27,30,33,36,39,42-43,48-49,54-68H2,1-2H3/b7-5-,8-6-,13-11-,14-12-,19-17-,20-18-,25-23-,26-24-,29-28-,32-31-,35-34-,38-37-,41-40-,46-44-,47-45-,52-50-,53-51-. The van der Waals surface area contributed by atoms with E-state index in [1.807, 2.05) is 0 Å². The van der Waals surface area contributed by atoms with Crippen LogP contribution in [0.2, 0.25) is 0 Å². The zero-order valence-corrected chi connectivity index (χ0v) is 47.9. The van der Waals surface area contributed by atoms with Crippen molar-refractivity contribution < 1.29 is 24.2 Å². The first kappa shape index (κ1) is 70.5. The van der Waals surface area contributed by atoms with E-state index >= 15 is 0 Å². The Hall–Kier alpha value is -5.52. The van der Waals surface area contributed by atoms with Gasteiger partial charge in [0.2, 0.25) is 0 Å². The lowest BCUT2D eigenvalue weighted by molar-refractivity contribution is -0.161. The SMILES string of the molecule is CC/C=C\C/C=C\C/C=C\C/C=C\C/C=C\C/C=C\C/C=C\C/C=C\C/C=C\C/C=C\C/C=C\CCCCCCCC(=O)OC(CO)COC(=O)CCCCCC/C=C\C/C=C\C/C=C\C/C=C\C/C=C\C/C=C\CC. The first-order valence-electron chi connectivity index (χ1n) is 29.6. The second-order valence-corrected chi connectivity index (χ2v) is 18.6. The summed E-state index contributed by atoms with van der Waals surface area (Å²) in [6.45, 7) is 3.85. The minimum atomic E-state index is -0.812. The Balaban J connectivity index is 3.71. The maximum atomic E-state index is 12.3. The molecule has 0 aromatic carbocycles. The molecule has 0 radical (unpaired) electrons. The molecule has 0 aliphatic rings. The Labute approximate surface area is 466 Å². The number of hydrogen-bond acceptors (Lipinski definition) is 5. The molecule has 0 aliphatic heterocycles. The minimum absolute atomic E-state index is 0.102. The molecule has 1 N–H and O–H groups in total. The molecule has 5 heteroatoms. The fourth-order valence-corrected chi connectivity index (χ4v) is 7.21. The maximum Gasteiger partial charge on any atom is 0.306 e. The van der Waals surface area contributed by atoms with Gasteiger partial charge in [0.15, 0.2) is 6.10 Å². The molecule has 1 atom stereocenters. The number of carbonyl (C=O) groups excluding carboxylic acids is 2. The van der Waals surface area contributed by atoms with Crippen LogP contribution < -0.4 is 0 Å². The monoisotopic (exact) mass is 1040 g/mol. The first-order valence-corrected chi connectivity index (χ1v) is 29.6. The average Bonchev–Trinajstić information content (AvgIpc) is 3.42. The molecule has 420 valence electrons. The topological polar surface area (TPSA) is 72.8 Å². The minimum Gasteiger partial charge on any atom is -0.462 e. The molecule has 76 heavy (non-hydrogen) atoms. The quantitative estimate of drug-likeness (QED) is 0.0373. The molecule has 0 heterocycles. The number of esters is 2. The van der Waals surface area contributed by atoms with E-state index in [-0.39, 0.29) is 25.2 Å². The van der Waals surface area contributed by atoms with Crippen molar-refractivity contribution >= 4 is 11.9 Å². The van der Waals surface area contributed by atoms with Gasteiger partial charge in [0.05, 0.1) is 6.61 Å². The van der Waals surface area contributed by atoms with Gasteiger partial charge in [-0.05, 0) is 148 Å². The van der Waals surface area contributed by atoms with Gasteiger partial charge in [-0.2, -0.15) is 0 Å². The van der Waals surface area contributed by atoms with Gasteiger partial charge in [0.25, 0.3) is 0 Å². The van der Waals surface area contributed by atoms with Gasteiger partial charge in [-0.3, -0.25) is 9.59 Å². The predicted molar refractivity (Wildman–Crippen MR) is 333 cm³/mol. The van der Waals surface area contributed by atoms with E-state index in [2.05, 4.69) is 220 Å². The summed E-state index contributed by atoms with van der Waals surface area (Å²) in [5.41, 5.74) is 0. The van der Waals surface area contributed by atoms with Crippen LogP contribution in [0.4, 0.5) is 0 Å². The van der Waals surface area contributed by atoms with Gasteiger partial charge in [0, 0.05) is 12.8 Å². The lowest BCUT2D eigenvalue weighted by atomic mass is 10.1. The molecule has 5 nitrogen and oxygen atoms in total. The number of carbonyl (C=O) groups is 2. The van der Waals surface area contributed by atoms with Crippen molar-refractivity contribution in [3.05, 3.63) is 207 Å². The fraction of sp³-hybridized carbons (Fsp3) is 0.493. The Morgan fingerprint density at radius 2 is 0.526 bits per heavy atom. The van der Waals surface area contributed by atoms with E-state index in [4.69, 9.17) is 9.47 Å². The van der Waals surface area contributed by atoms with Crippen molar-refractivity contribution in [2.45, 2.75) is 213 Å². The van der Waals surface area contributed by atoms with Gasteiger partial charge in [-0.25, -0.2) is 0 Å². The third-order valence-corrected chi connectivity index (χ3v) is 11.6. The van der Waals surface area contributed by atoms with Crippen LogP contribution in [0.5, 0.6) is 0 Å². The Morgan fingerprint density at radius 1 is 0.303 bits per heavy atom. The van der Waals surface area contributed by atoms with Crippen LogP contribution in [0.3, 0.4) is 0 Å². The molecule has 0 bridgehead atoms. The summed E-state index contributed by atoms with van der Waals surface area (Å²) < 4.78 is 10.7. The van der Waals surface area contributed by atoms with Crippen LogP contribution in [0.15, 0.2) is 207 Å². The molecular weight excluding hydrogens is 933 g/mol. The van der Waals surface area contributed by atoms with Crippen LogP contribution in [0, 0.1) is 0 Å². The average molecular weight is 1040 g/mol. The number of allylic oxidation sites excluding steroid dienone is 34. The highest BCUT2D eigenvalue weighted by Gasteiger charge is 2.16. The van der Waals surface area contributed by atoms with E-state index in [1.54, 1.807) is 0 Å². The lowest BCUT2D eigenvalue weighted by Gasteiger charge is -2.15. The summed E-state index contributed by atoms with van der Waals surface area (Å²) >= 11 is 0. The number of hydrogen-bond donors (Lipinski definition) is 1. The molecule has 0 aliphatic carbocycles. The molecule has 0 saturated carbocycles. The first-order chi connectivity index (χ1) is 37.6. The smallest absolute Gasteiger partial charge is 0.306 e. The summed E-state index contributed by atoms with van der Waals surface area (Å²) in [6, 6.07) is 0. The predicted octanol–water partition coefficient (Wildman–Crippen LogP) is 20.6. The molecule has 0 spiro atoms. The zero-order chi connectivity index (χ0) is 54.8. The highest BCUT2D eigenvalue weighted by molar-refractivity contribution is 5.70. The van der Waals surface area contributed by atoms with E-state index in [1.165, 1.54) is 0 Å². The molecule has 0 aromatic heterocycles. The van der Waals surface area contributed by atoms with Crippen molar-refractivity contribution in [1.29, 1.82) is 0 Å². The fourth-order valence-electron chi connectivity index (χ4n) is 7.21. The van der Waals surface area contributed by atoms with Gasteiger partial charge in [0.1, 0.15) is 6.61 Å². The number of rotatable bonds is 51. The third-order valence-electron chi connectivity index (χ3n) is 11.6. The van der Waals surface area contributed by atoms with Crippen LogP contribution in [-0.4, -0.2) is 36.4 Å². The third kappa shape index (κ3) is 61.0. The summed E-state index contributed by atoms with van der Waals surface area (Å²) in [7, 11) is 0. The number of unbranched alkanes of at least 4 members (excludes halogenated alkanes) is 9. The molecule has 0 saturated heterocycles. The van der Waals surface area contributed by atoms with Gasteiger partial charge in [-0.15, -0.1) is 0 Å². The molecular formula is C71H106O5. The van der Waals surface area contributed by atoms with Crippen molar-refractivity contribution in [3.8, 4) is 0 Å². The maximum absolute atomic E-state index is 12.3. The van der Waals surface area contributed by atoms with Crippen LogP contribution in [0.1, 0.15) is 206 Å². The molecule has 0 amide bonds. The molecule has 0 fully saturated rings. The zero-order valence-electron chi connectivity index (χ0n) is 47.9. The van der Waals surface area contributed by atoms with Crippen molar-refractivity contribution in [2.75, 3.05) is 13.2 Å². The van der Waals surface area contributed by atoms with E-state index in [9.17, 15) is 14.7 Å². The van der Waals surface area contributed by atoms with Gasteiger partial charge < -0.3 is 14.6 Å². The van der Waals surface area contributed by atoms with Crippen molar-refractivity contribution in [3.63, 3.8) is 0 Å². The molecule has 0 rings (SSSR count). The van der Waals surface area contributed by atoms with E-state index in [0.717, 1.165) is 180 Å². The van der Waals surface area contributed by atoms with Gasteiger partial charge in [-0.1, -0.05) is 253 Å². The second-order valence-electron chi connectivity index (χ2n) is 18.6. The normalized spacial score (nSPS) is 13.8. The molecule has 1 unspecified atom stereocenters. The van der Waals surface area contributed by atoms with Crippen molar-refractivity contribution in [1.82, 2.24) is 0 Å². The Bertz CT molecular complexity index is 1840. The number of aliphatic hydroxyl groups is 1. The van der Waals surface area contributed by atoms with Gasteiger partial charge >= 0.3 is 11.9 Å². The summed E-state index contributed by atoms with van der Waals surface area (Å²) in [6.07, 6.45) is 104. The van der Waals surface area contributed by atoms with Crippen LogP contribution >= 0.6 is 0 Å². The van der Waals surface area contributed by atoms with Crippen LogP contribution in [0.25, 0.3) is 0 Å². The van der Waals surface area contributed by atoms with Crippen molar-refractivity contribution in [2.24, 2.45) is 0 Å². The van der Waals surface area contributed by atoms with E-state index in [0.29, 0.717) is 12.8 Å². The lowest BCUT2D eigenvalue weighted by Crippen LogP contribution is -2.28. The highest BCUT2D eigenvalue weighted by Crippen LogP contribution is 2.11. The molecule has 0 aromatic rings. The largest absolute Gasteiger partial charge is 0.462 e. The Morgan fingerprint density at radius 3 is 0.789 bits per heavy atom.